The minimum atomic E-state index is 0.720. The van der Waals surface area contributed by atoms with Crippen LogP contribution >= 0.6 is 0 Å². The Morgan fingerprint density at radius 1 is 0.929 bits per heavy atom. The molecule has 1 nitrogen and oxygen atoms in total. The summed E-state index contributed by atoms with van der Waals surface area (Å²) in [4.78, 5) is 0. The molecule has 0 heterocycles. The number of rotatable bonds is 7. The van der Waals surface area contributed by atoms with E-state index in [9.17, 15) is 0 Å². The fourth-order valence-electron chi connectivity index (χ4n) is 1.89. The largest absolute Gasteiger partial charge is 0.330 e. The number of hydrogen-bond acceptors (Lipinski definition) is 1. The Hall–Kier alpha value is -0.0400. The zero-order chi connectivity index (χ0) is 11.1. The standard InChI is InChI=1S/C13H29N/c1-10(2)6-7-12(5)8-13(9-14)11(3)4/h10-13H,6-9,14H2,1-5H3. The predicted molar refractivity (Wildman–Crippen MR) is 65.2 cm³/mol. The first-order valence-electron chi connectivity index (χ1n) is 6.17. The van der Waals surface area contributed by atoms with Crippen molar-refractivity contribution in [2.24, 2.45) is 29.4 Å². The molecule has 2 unspecified atom stereocenters. The van der Waals surface area contributed by atoms with Crippen molar-refractivity contribution in [3.8, 4) is 0 Å². The molecule has 0 aliphatic rings. The van der Waals surface area contributed by atoms with Gasteiger partial charge in [0.1, 0.15) is 0 Å². The fraction of sp³-hybridized carbons (Fsp3) is 1.00. The zero-order valence-electron chi connectivity index (χ0n) is 10.7. The molecular weight excluding hydrogens is 170 g/mol. The van der Waals surface area contributed by atoms with Gasteiger partial charge in [0.2, 0.25) is 0 Å². The summed E-state index contributed by atoms with van der Waals surface area (Å²) in [5.41, 5.74) is 5.78. The summed E-state index contributed by atoms with van der Waals surface area (Å²) >= 11 is 0. The molecule has 86 valence electrons. The molecule has 2 atom stereocenters. The van der Waals surface area contributed by atoms with E-state index < -0.39 is 0 Å². The Labute approximate surface area is 90.5 Å². The molecule has 2 N–H and O–H groups in total. The van der Waals surface area contributed by atoms with Crippen LogP contribution in [-0.4, -0.2) is 6.54 Å². The molecule has 0 saturated carbocycles. The minimum Gasteiger partial charge on any atom is -0.330 e. The third kappa shape index (κ3) is 6.42. The van der Waals surface area contributed by atoms with Gasteiger partial charge in [-0.1, -0.05) is 47.5 Å². The summed E-state index contributed by atoms with van der Waals surface area (Å²) in [7, 11) is 0. The molecule has 0 rings (SSSR count). The minimum absolute atomic E-state index is 0.720. The topological polar surface area (TPSA) is 26.0 Å². The van der Waals surface area contributed by atoms with E-state index in [0.29, 0.717) is 0 Å². The molecule has 0 aliphatic heterocycles. The highest BCUT2D eigenvalue weighted by Crippen LogP contribution is 2.23. The summed E-state index contributed by atoms with van der Waals surface area (Å²) in [6.07, 6.45) is 4.03. The second-order valence-electron chi connectivity index (χ2n) is 5.55. The Balaban J connectivity index is 3.73. The molecule has 0 amide bonds. The summed E-state index contributed by atoms with van der Waals surface area (Å²) in [5, 5.41) is 0. The van der Waals surface area contributed by atoms with E-state index in [1.54, 1.807) is 0 Å². The third-order valence-corrected chi connectivity index (χ3v) is 3.19. The molecule has 0 aromatic rings. The zero-order valence-corrected chi connectivity index (χ0v) is 10.7. The van der Waals surface area contributed by atoms with Crippen LogP contribution in [0.4, 0.5) is 0 Å². The van der Waals surface area contributed by atoms with Crippen molar-refractivity contribution in [1.82, 2.24) is 0 Å². The van der Waals surface area contributed by atoms with Gasteiger partial charge in [-0.05, 0) is 36.6 Å². The van der Waals surface area contributed by atoms with Crippen LogP contribution in [-0.2, 0) is 0 Å². The lowest BCUT2D eigenvalue weighted by Gasteiger charge is -2.23. The lowest BCUT2D eigenvalue weighted by atomic mass is 9.84. The second kappa shape index (κ2) is 7.28. The van der Waals surface area contributed by atoms with Gasteiger partial charge in [0, 0.05) is 0 Å². The molecule has 14 heavy (non-hydrogen) atoms. The fourth-order valence-corrected chi connectivity index (χ4v) is 1.89. The molecule has 0 aliphatic carbocycles. The average Bonchev–Trinajstić information content (AvgIpc) is 2.10. The summed E-state index contributed by atoms with van der Waals surface area (Å²) < 4.78 is 0. The quantitative estimate of drug-likeness (QED) is 0.665. The SMILES string of the molecule is CC(C)CCC(C)CC(CN)C(C)C. The highest BCUT2D eigenvalue weighted by molar-refractivity contribution is 4.68. The normalized spacial score (nSPS) is 16.3. The average molecular weight is 199 g/mol. The highest BCUT2D eigenvalue weighted by atomic mass is 14.6. The molecular formula is C13H29N. The third-order valence-electron chi connectivity index (χ3n) is 3.19. The maximum Gasteiger partial charge on any atom is -0.00463 e. The Kier molecular flexibility index (Phi) is 7.26. The maximum absolute atomic E-state index is 5.78. The van der Waals surface area contributed by atoms with Gasteiger partial charge in [-0.3, -0.25) is 0 Å². The van der Waals surface area contributed by atoms with Gasteiger partial charge in [0.15, 0.2) is 0 Å². The molecule has 0 aromatic carbocycles. The highest BCUT2D eigenvalue weighted by Gasteiger charge is 2.15. The Bertz CT molecular complexity index is 129. The van der Waals surface area contributed by atoms with Gasteiger partial charge in [0.05, 0.1) is 0 Å². The van der Waals surface area contributed by atoms with E-state index in [1.807, 2.05) is 0 Å². The smallest absolute Gasteiger partial charge is 0.00463 e. The van der Waals surface area contributed by atoms with Crippen molar-refractivity contribution in [2.45, 2.75) is 53.9 Å². The maximum atomic E-state index is 5.78. The van der Waals surface area contributed by atoms with Crippen molar-refractivity contribution in [2.75, 3.05) is 6.54 Å². The summed E-state index contributed by atoms with van der Waals surface area (Å²) in [5.74, 6) is 3.14. The number of hydrogen-bond donors (Lipinski definition) is 1. The molecule has 0 fully saturated rings. The van der Waals surface area contributed by atoms with Crippen LogP contribution in [0.3, 0.4) is 0 Å². The first-order chi connectivity index (χ1) is 6.47. The summed E-state index contributed by atoms with van der Waals surface area (Å²) in [6, 6.07) is 0. The van der Waals surface area contributed by atoms with Gasteiger partial charge >= 0.3 is 0 Å². The van der Waals surface area contributed by atoms with Crippen molar-refractivity contribution >= 4 is 0 Å². The molecule has 0 radical (unpaired) electrons. The van der Waals surface area contributed by atoms with Gasteiger partial charge in [-0.2, -0.15) is 0 Å². The second-order valence-corrected chi connectivity index (χ2v) is 5.55. The van der Waals surface area contributed by atoms with E-state index in [1.165, 1.54) is 19.3 Å². The molecule has 0 aromatic heterocycles. The summed E-state index contributed by atoms with van der Waals surface area (Å²) in [6.45, 7) is 12.4. The van der Waals surface area contributed by atoms with E-state index >= 15 is 0 Å². The van der Waals surface area contributed by atoms with Crippen LogP contribution in [0.1, 0.15) is 53.9 Å². The van der Waals surface area contributed by atoms with Crippen molar-refractivity contribution in [1.29, 1.82) is 0 Å². The van der Waals surface area contributed by atoms with Crippen molar-refractivity contribution < 1.29 is 0 Å². The van der Waals surface area contributed by atoms with Gasteiger partial charge in [-0.15, -0.1) is 0 Å². The van der Waals surface area contributed by atoms with Crippen LogP contribution in [0.15, 0.2) is 0 Å². The first-order valence-corrected chi connectivity index (χ1v) is 6.17. The predicted octanol–water partition coefficient (Wildman–Crippen LogP) is 3.68. The van der Waals surface area contributed by atoms with Gasteiger partial charge < -0.3 is 5.73 Å². The van der Waals surface area contributed by atoms with Crippen LogP contribution in [0.2, 0.25) is 0 Å². The van der Waals surface area contributed by atoms with Crippen molar-refractivity contribution in [3.05, 3.63) is 0 Å². The number of nitrogens with two attached hydrogens (primary N) is 1. The lowest BCUT2D eigenvalue weighted by Crippen LogP contribution is -2.22. The molecule has 0 spiro atoms. The molecule has 0 saturated heterocycles. The van der Waals surface area contributed by atoms with Gasteiger partial charge in [-0.25, -0.2) is 0 Å². The van der Waals surface area contributed by atoms with Crippen LogP contribution < -0.4 is 5.73 Å². The van der Waals surface area contributed by atoms with E-state index in [0.717, 1.165) is 30.2 Å². The van der Waals surface area contributed by atoms with E-state index in [2.05, 4.69) is 34.6 Å². The Morgan fingerprint density at radius 2 is 1.50 bits per heavy atom. The molecule has 0 bridgehead atoms. The molecule has 1 heteroatoms. The van der Waals surface area contributed by atoms with E-state index in [4.69, 9.17) is 5.73 Å². The monoisotopic (exact) mass is 199 g/mol. The van der Waals surface area contributed by atoms with Gasteiger partial charge in [0.25, 0.3) is 0 Å². The van der Waals surface area contributed by atoms with Crippen LogP contribution in [0.25, 0.3) is 0 Å². The van der Waals surface area contributed by atoms with Crippen LogP contribution in [0.5, 0.6) is 0 Å². The lowest BCUT2D eigenvalue weighted by molar-refractivity contribution is 0.295. The van der Waals surface area contributed by atoms with Crippen LogP contribution in [0, 0.1) is 23.7 Å². The van der Waals surface area contributed by atoms with E-state index in [-0.39, 0.29) is 0 Å². The van der Waals surface area contributed by atoms with Crippen molar-refractivity contribution in [3.63, 3.8) is 0 Å². The Morgan fingerprint density at radius 3 is 1.86 bits per heavy atom. The first kappa shape index (κ1) is 14.0.